The fourth-order valence-corrected chi connectivity index (χ4v) is 0.967. The van der Waals surface area contributed by atoms with Crippen LogP contribution in [0.15, 0.2) is 11.8 Å². The van der Waals surface area contributed by atoms with Gasteiger partial charge in [0.1, 0.15) is 0 Å². The molecule has 2 nitrogen and oxygen atoms in total. The third kappa shape index (κ3) is 2.37. The Balaban J connectivity index is 2.31. The summed E-state index contributed by atoms with van der Waals surface area (Å²) >= 11 is 0. The number of allylic oxidation sites excluding steroid dienone is 2. The van der Waals surface area contributed by atoms with E-state index in [-0.39, 0.29) is 5.78 Å². The Kier molecular flexibility index (Phi) is 2.69. The van der Waals surface area contributed by atoms with Crippen LogP contribution in [0.1, 0.15) is 26.7 Å². The van der Waals surface area contributed by atoms with Gasteiger partial charge in [0.25, 0.3) is 0 Å². The standard InChI is InChI=1S/C9H14O2/c1-7(2)6-11-9-5-3-4-8(9)10/h5,7H,3-4,6H2,1-2H3. The van der Waals surface area contributed by atoms with Crippen LogP contribution in [0.2, 0.25) is 0 Å². The monoisotopic (exact) mass is 154 g/mol. The van der Waals surface area contributed by atoms with Gasteiger partial charge in [0.15, 0.2) is 11.5 Å². The van der Waals surface area contributed by atoms with Crippen molar-refractivity contribution < 1.29 is 9.53 Å². The summed E-state index contributed by atoms with van der Waals surface area (Å²) in [6, 6.07) is 0. The summed E-state index contributed by atoms with van der Waals surface area (Å²) in [4.78, 5) is 11.0. The Bertz CT molecular complexity index is 180. The molecule has 1 aliphatic rings. The van der Waals surface area contributed by atoms with Crippen LogP contribution >= 0.6 is 0 Å². The van der Waals surface area contributed by atoms with Crippen LogP contribution in [0.25, 0.3) is 0 Å². The van der Waals surface area contributed by atoms with Gasteiger partial charge in [-0.15, -0.1) is 0 Å². The second-order valence-corrected chi connectivity index (χ2v) is 3.24. The van der Waals surface area contributed by atoms with Crippen LogP contribution in [0.5, 0.6) is 0 Å². The SMILES string of the molecule is CC(C)COC1=CCCC1=O. The van der Waals surface area contributed by atoms with E-state index in [1.165, 1.54) is 0 Å². The summed E-state index contributed by atoms with van der Waals surface area (Å²) in [6.07, 6.45) is 3.37. The molecule has 0 spiro atoms. The first-order valence-corrected chi connectivity index (χ1v) is 4.06. The summed E-state index contributed by atoms with van der Waals surface area (Å²) in [5.74, 6) is 1.23. The zero-order valence-electron chi connectivity index (χ0n) is 7.09. The molecule has 0 amide bonds. The lowest BCUT2D eigenvalue weighted by Crippen LogP contribution is -2.06. The van der Waals surface area contributed by atoms with Crippen LogP contribution < -0.4 is 0 Å². The summed E-state index contributed by atoms with van der Waals surface area (Å²) in [6.45, 7) is 4.79. The Morgan fingerprint density at radius 2 is 2.36 bits per heavy atom. The molecule has 0 unspecified atom stereocenters. The third-order valence-electron chi connectivity index (χ3n) is 1.55. The molecule has 0 aliphatic heterocycles. The van der Waals surface area contributed by atoms with Crippen LogP contribution in [-0.4, -0.2) is 12.4 Å². The van der Waals surface area contributed by atoms with Crippen LogP contribution in [-0.2, 0) is 9.53 Å². The first kappa shape index (κ1) is 8.31. The summed E-state index contributed by atoms with van der Waals surface area (Å²) in [5, 5.41) is 0. The van der Waals surface area contributed by atoms with Crippen LogP contribution in [0, 0.1) is 5.92 Å². The van der Waals surface area contributed by atoms with E-state index in [0.717, 1.165) is 6.42 Å². The van der Waals surface area contributed by atoms with Gasteiger partial charge in [0.2, 0.25) is 0 Å². The molecule has 0 N–H and O–H groups in total. The van der Waals surface area contributed by atoms with Gasteiger partial charge in [-0.05, 0) is 18.4 Å². The molecule has 0 aromatic carbocycles. The van der Waals surface area contributed by atoms with E-state index >= 15 is 0 Å². The highest BCUT2D eigenvalue weighted by Gasteiger charge is 2.16. The molecule has 0 bridgehead atoms. The highest BCUT2D eigenvalue weighted by atomic mass is 16.5. The Labute approximate surface area is 67.2 Å². The normalized spacial score (nSPS) is 17.4. The van der Waals surface area contributed by atoms with Crippen LogP contribution in [0.3, 0.4) is 0 Å². The van der Waals surface area contributed by atoms with Gasteiger partial charge in [-0.1, -0.05) is 13.8 Å². The summed E-state index contributed by atoms with van der Waals surface area (Å²) in [7, 11) is 0. The van der Waals surface area contributed by atoms with Crippen molar-refractivity contribution in [3.05, 3.63) is 11.8 Å². The zero-order chi connectivity index (χ0) is 8.27. The number of carbonyl (C=O) groups is 1. The highest BCUT2D eigenvalue weighted by Crippen LogP contribution is 2.15. The fraction of sp³-hybridized carbons (Fsp3) is 0.667. The number of ether oxygens (including phenoxy) is 1. The van der Waals surface area contributed by atoms with Gasteiger partial charge >= 0.3 is 0 Å². The maximum absolute atomic E-state index is 11.0. The predicted octanol–water partition coefficient (Wildman–Crippen LogP) is 1.91. The number of Topliss-reactive ketones (excluding diaryl/α,β-unsaturated/α-hetero) is 1. The minimum Gasteiger partial charge on any atom is -0.490 e. The molecule has 0 atom stereocenters. The average molecular weight is 154 g/mol. The fourth-order valence-electron chi connectivity index (χ4n) is 0.967. The van der Waals surface area contributed by atoms with Crippen molar-refractivity contribution in [1.29, 1.82) is 0 Å². The molecule has 1 rings (SSSR count). The molecule has 11 heavy (non-hydrogen) atoms. The summed E-state index contributed by atoms with van der Waals surface area (Å²) in [5.41, 5.74) is 0. The van der Waals surface area contributed by atoms with Gasteiger partial charge in [-0.25, -0.2) is 0 Å². The zero-order valence-corrected chi connectivity index (χ0v) is 7.09. The molecule has 1 aliphatic carbocycles. The van der Waals surface area contributed by atoms with Crippen molar-refractivity contribution in [1.82, 2.24) is 0 Å². The lowest BCUT2D eigenvalue weighted by molar-refractivity contribution is -0.118. The molecule has 0 saturated heterocycles. The van der Waals surface area contributed by atoms with Crippen molar-refractivity contribution in [2.24, 2.45) is 5.92 Å². The number of ketones is 1. The first-order valence-electron chi connectivity index (χ1n) is 4.06. The van der Waals surface area contributed by atoms with Gasteiger partial charge in [0, 0.05) is 6.42 Å². The van der Waals surface area contributed by atoms with Crippen molar-refractivity contribution in [3.8, 4) is 0 Å². The molecular formula is C9H14O2. The lowest BCUT2D eigenvalue weighted by atomic mass is 10.2. The van der Waals surface area contributed by atoms with E-state index in [1.54, 1.807) is 0 Å². The van der Waals surface area contributed by atoms with Gasteiger partial charge in [-0.2, -0.15) is 0 Å². The van der Waals surface area contributed by atoms with Crippen molar-refractivity contribution in [3.63, 3.8) is 0 Å². The van der Waals surface area contributed by atoms with E-state index in [1.807, 2.05) is 6.08 Å². The predicted molar refractivity (Wildman–Crippen MR) is 43.1 cm³/mol. The molecule has 62 valence electrons. The van der Waals surface area contributed by atoms with Crippen molar-refractivity contribution in [2.45, 2.75) is 26.7 Å². The Morgan fingerprint density at radius 3 is 2.82 bits per heavy atom. The number of hydrogen-bond donors (Lipinski definition) is 0. The highest BCUT2D eigenvalue weighted by molar-refractivity contribution is 5.95. The number of rotatable bonds is 3. The minimum absolute atomic E-state index is 0.158. The maximum atomic E-state index is 11.0. The molecule has 0 aromatic rings. The maximum Gasteiger partial charge on any atom is 0.197 e. The van der Waals surface area contributed by atoms with Gasteiger partial charge < -0.3 is 4.74 Å². The van der Waals surface area contributed by atoms with Gasteiger partial charge in [-0.3, -0.25) is 4.79 Å². The second-order valence-electron chi connectivity index (χ2n) is 3.24. The summed E-state index contributed by atoms with van der Waals surface area (Å²) < 4.78 is 5.29. The molecule has 0 radical (unpaired) electrons. The Hall–Kier alpha value is -0.790. The van der Waals surface area contributed by atoms with Crippen LogP contribution in [0.4, 0.5) is 0 Å². The van der Waals surface area contributed by atoms with E-state index in [4.69, 9.17) is 4.74 Å². The molecule has 0 heterocycles. The quantitative estimate of drug-likeness (QED) is 0.620. The molecule has 0 saturated carbocycles. The molecular weight excluding hydrogens is 140 g/mol. The van der Waals surface area contributed by atoms with E-state index < -0.39 is 0 Å². The first-order chi connectivity index (χ1) is 5.20. The smallest absolute Gasteiger partial charge is 0.197 e. The van der Waals surface area contributed by atoms with Crippen molar-refractivity contribution >= 4 is 5.78 Å². The molecule has 2 heteroatoms. The largest absolute Gasteiger partial charge is 0.490 e. The molecule has 0 aromatic heterocycles. The van der Waals surface area contributed by atoms with Crippen molar-refractivity contribution in [2.75, 3.05) is 6.61 Å². The number of hydrogen-bond acceptors (Lipinski definition) is 2. The lowest BCUT2D eigenvalue weighted by Gasteiger charge is -2.07. The number of carbonyl (C=O) groups excluding carboxylic acids is 1. The average Bonchev–Trinajstić information content (AvgIpc) is 2.31. The van der Waals surface area contributed by atoms with E-state index in [0.29, 0.717) is 24.7 Å². The third-order valence-corrected chi connectivity index (χ3v) is 1.55. The minimum atomic E-state index is 0.158. The van der Waals surface area contributed by atoms with E-state index in [2.05, 4.69) is 13.8 Å². The second kappa shape index (κ2) is 3.56. The van der Waals surface area contributed by atoms with E-state index in [9.17, 15) is 4.79 Å². The van der Waals surface area contributed by atoms with Gasteiger partial charge in [0.05, 0.1) is 6.61 Å². The Morgan fingerprint density at radius 1 is 1.64 bits per heavy atom. The topological polar surface area (TPSA) is 26.3 Å². The molecule has 0 fully saturated rings.